The Kier molecular flexibility index (Phi) is 7.09. The molecule has 2 aromatic rings. The zero-order chi connectivity index (χ0) is 22.4. The molecule has 3 rings (SSSR count). The quantitative estimate of drug-likeness (QED) is 0.414. The van der Waals surface area contributed by atoms with Crippen LogP contribution in [0.25, 0.3) is 5.76 Å². The number of hydrogen-bond acceptors (Lipinski definition) is 6. The van der Waals surface area contributed by atoms with Crippen LogP contribution < -0.4 is 5.32 Å². The molecule has 160 valence electrons. The lowest BCUT2D eigenvalue weighted by Crippen LogP contribution is -2.43. The highest BCUT2D eigenvalue weighted by Gasteiger charge is 2.42. The average molecular weight is 460 g/mol. The number of carbonyl (C=O) groups is 2. The second kappa shape index (κ2) is 9.76. The maximum absolute atomic E-state index is 13.0. The van der Waals surface area contributed by atoms with Gasteiger partial charge in [-0.15, -0.1) is 5.11 Å². The van der Waals surface area contributed by atoms with Crippen molar-refractivity contribution in [1.82, 2.24) is 0 Å². The summed E-state index contributed by atoms with van der Waals surface area (Å²) >= 11 is 11.9. The molecule has 7 nitrogen and oxygen atoms in total. The summed E-state index contributed by atoms with van der Waals surface area (Å²) in [5, 5.41) is 7.16. The Morgan fingerprint density at radius 1 is 1.10 bits per heavy atom. The number of anilines is 1. The van der Waals surface area contributed by atoms with E-state index in [1.807, 2.05) is 0 Å². The van der Waals surface area contributed by atoms with E-state index < -0.39 is 17.6 Å². The molecule has 0 saturated heterocycles. The molecule has 1 aliphatic heterocycles. The summed E-state index contributed by atoms with van der Waals surface area (Å²) in [6, 6.07) is 13.2. The van der Waals surface area contributed by atoms with Crippen LogP contribution in [-0.2, 0) is 19.1 Å². The molecule has 0 radical (unpaired) electrons. The summed E-state index contributed by atoms with van der Waals surface area (Å²) in [5.74, 6) is -0.893. The molecule has 2 aromatic carbocycles. The third-order valence-corrected chi connectivity index (χ3v) is 4.90. The first kappa shape index (κ1) is 22.5. The first-order valence-electron chi connectivity index (χ1n) is 9.35. The summed E-state index contributed by atoms with van der Waals surface area (Å²) < 4.78 is 11.0. The highest BCUT2D eigenvalue weighted by atomic mass is 35.5. The molecule has 9 heteroatoms. The van der Waals surface area contributed by atoms with Gasteiger partial charge in [-0.2, -0.15) is 0 Å². The number of nitrogens with zero attached hydrogens (tertiary/aromatic N) is 1. The van der Waals surface area contributed by atoms with Crippen LogP contribution in [0.2, 0.25) is 10.0 Å². The zero-order valence-corrected chi connectivity index (χ0v) is 18.0. The summed E-state index contributed by atoms with van der Waals surface area (Å²) in [6.45, 7) is 1.95. The Bertz CT molecular complexity index is 1050. The lowest BCUT2D eigenvalue weighted by atomic mass is 9.99. The van der Waals surface area contributed by atoms with E-state index in [0.717, 1.165) is 0 Å². The second-order valence-electron chi connectivity index (χ2n) is 6.55. The molecule has 1 atom stereocenters. The minimum Gasteiger partial charge on any atom is -0.466 e. The van der Waals surface area contributed by atoms with Crippen molar-refractivity contribution in [2.45, 2.75) is 19.1 Å². The van der Waals surface area contributed by atoms with Gasteiger partial charge in [0, 0.05) is 26.9 Å². The number of halogens is 2. The van der Waals surface area contributed by atoms with Gasteiger partial charge in [0.15, 0.2) is 0 Å². The van der Waals surface area contributed by atoms with E-state index in [1.54, 1.807) is 61.5 Å². The molecule has 1 aliphatic rings. The Labute approximate surface area is 189 Å². The maximum Gasteiger partial charge on any atom is 0.316 e. The van der Waals surface area contributed by atoms with Crippen LogP contribution in [0, 0.1) is 5.53 Å². The molecule has 1 unspecified atom stereocenters. The van der Waals surface area contributed by atoms with Crippen LogP contribution in [0.5, 0.6) is 0 Å². The van der Waals surface area contributed by atoms with Crippen molar-refractivity contribution < 1.29 is 19.1 Å². The molecule has 2 N–H and O–H groups in total. The number of benzene rings is 2. The number of allylic oxidation sites excluding steroid dienone is 1. The predicted molar refractivity (Wildman–Crippen MR) is 118 cm³/mol. The monoisotopic (exact) mass is 459 g/mol. The highest BCUT2D eigenvalue weighted by molar-refractivity contribution is 6.30. The first-order chi connectivity index (χ1) is 14.9. The van der Waals surface area contributed by atoms with Crippen LogP contribution in [0.1, 0.15) is 18.9 Å². The minimum atomic E-state index is -1.95. The molecule has 31 heavy (non-hydrogen) atoms. The Hall–Kier alpha value is -3.16. The molecule has 0 aliphatic carbocycles. The van der Waals surface area contributed by atoms with Crippen LogP contribution in [0.3, 0.4) is 0 Å². The van der Waals surface area contributed by atoms with E-state index in [4.69, 9.17) is 38.2 Å². The van der Waals surface area contributed by atoms with Crippen molar-refractivity contribution in [2.24, 2.45) is 5.11 Å². The van der Waals surface area contributed by atoms with E-state index in [9.17, 15) is 9.59 Å². The Morgan fingerprint density at radius 3 is 2.29 bits per heavy atom. The zero-order valence-electron chi connectivity index (χ0n) is 16.5. The molecular formula is C22H19Cl2N3O4. The van der Waals surface area contributed by atoms with Crippen molar-refractivity contribution in [1.29, 1.82) is 5.53 Å². The van der Waals surface area contributed by atoms with Gasteiger partial charge in [-0.3, -0.25) is 9.59 Å². The molecule has 1 amide bonds. The van der Waals surface area contributed by atoms with Gasteiger partial charge in [0.2, 0.25) is 0 Å². The fourth-order valence-electron chi connectivity index (χ4n) is 2.88. The normalized spacial score (nSPS) is 17.6. The summed E-state index contributed by atoms with van der Waals surface area (Å²) in [5.41, 5.74) is 7.23. The number of amides is 1. The molecule has 0 bridgehead atoms. The SMILES string of the molecule is CCOC(=O)CC1=C(c2ccc(Cl)cc2)OC(N=N)(C(=O)Nc2ccc(Cl)cc2)C=C1. The summed E-state index contributed by atoms with van der Waals surface area (Å²) in [6.07, 6.45) is 2.80. The summed E-state index contributed by atoms with van der Waals surface area (Å²) in [7, 11) is 0. The third-order valence-electron chi connectivity index (χ3n) is 4.40. The van der Waals surface area contributed by atoms with Crippen molar-refractivity contribution in [2.75, 3.05) is 11.9 Å². The van der Waals surface area contributed by atoms with Crippen LogP contribution in [-0.4, -0.2) is 24.2 Å². The molecule has 0 fully saturated rings. The van der Waals surface area contributed by atoms with Gasteiger partial charge in [-0.1, -0.05) is 29.3 Å². The molecule has 0 aromatic heterocycles. The highest BCUT2D eigenvalue weighted by Crippen LogP contribution is 2.36. The van der Waals surface area contributed by atoms with Crippen molar-refractivity contribution in [3.8, 4) is 0 Å². The molecule has 0 spiro atoms. The fourth-order valence-corrected chi connectivity index (χ4v) is 3.14. The smallest absolute Gasteiger partial charge is 0.316 e. The van der Waals surface area contributed by atoms with E-state index in [1.165, 1.54) is 6.08 Å². The number of ether oxygens (including phenoxy) is 2. The third kappa shape index (κ3) is 5.31. The van der Waals surface area contributed by atoms with E-state index >= 15 is 0 Å². The number of carbonyl (C=O) groups excluding carboxylic acids is 2. The van der Waals surface area contributed by atoms with Gasteiger partial charge < -0.3 is 14.8 Å². The van der Waals surface area contributed by atoms with E-state index in [-0.39, 0.29) is 18.8 Å². The van der Waals surface area contributed by atoms with Crippen molar-refractivity contribution in [3.63, 3.8) is 0 Å². The average Bonchev–Trinajstić information content (AvgIpc) is 2.76. The van der Waals surface area contributed by atoms with Crippen molar-refractivity contribution >= 4 is 46.5 Å². The lowest BCUT2D eigenvalue weighted by molar-refractivity contribution is -0.142. The van der Waals surface area contributed by atoms with E-state index in [0.29, 0.717) is 26.9 Å². The maximum atomic E-state index is 13.0. The predicted octanol–water partition coefficient (Wildman–Crippen LogP) is 5.61. The molecule has 0 saturated carbocycles. The van der Waals surface area contributed by atoms with Crippen LogP contribution in [0.4, 0.5) is 5.69 Å². The first-order valence-corrected chi connectivity index (χ1v) is 10.1. The van der Waals surface area contributed by atoms with Crippen LogP contribution >= 0.6 is 23.2 Å². The van der Waals surface area contributed by atoms with Gasteiger partial charge in [-0.25, -0.2) is 5.53 Å². The standard InChI is InChI=1S/C22H19Cl2N3O4/c1-2-30-19(28)13-15-11-12-22(27-25,21(29)26-18-9-7-17(24)8-10-18)31-20(15)14-3-5-16(23)6-4-14/h3-12,25H,2,13H2,1H3,(H,26,29). The number of esters is 1. The fraction of sp³-hybridized carbons (Fsp3) is 0.182. The minimum absolute atomic E-state index is 0.0742. The van der Waals surface area contributed by atoms with Gasteiger partial charge >= 0.3 is 11.7 Å². The largest absolute Gasteiger partial charge is 0.466 e. The van der Waals surface area contributed by atoms with Crippen LogP contribution in [0.15, 0.2) is 71.4 Å². The number of hydrogen-bond donors (Lipinski definition) is 2. The Balaban J connectivity index is 1.95. The second-order valence-corrected chi connectivity index (χ2v) is 7.42. The molecule has 1 heterocycles. The van der Waals surface area contributed by atoms with Gasteiger partial charge in [0.05, 0.1) is 13.0 Å². The number of rotatable bonds is 7. The van der Waals surface area contributed by atoms with Gasteiger partial charge in [0.1, 0.15) is 5.76 Å². The van der Waals surface area contributed by atoms with Gasteiger partial charge in [0.25, 0.3) is 5.91 Å². The Morgan fingerprint density at radius 2 is 1.71 bits per heavy atom. The summed E-state index contributed by atoms with van der Waals surface area (Å²) in [4.78, 5) is 25.1. The van der Waals surface area contributed by atoms with Crippen molar-refractivity contribution in [3.05, 3.63) is 81.9 Å². The van der Waals surface area contributed by atoms with Gasteiger partial charge in [-0.05, 0) is 61.5 Å². The number of nitrogens with one attached hydrogen (secondary N) is 2. The van der Waals surface area contributed by atoms with E-state index in [2.05, 4.69) is 10.4 Å². The molecular weight excluding hydrogens is 441 g/mol. The topological polar surface area (TPSA) is 101 Å². The lowest BCUT2D eigenvalue weighted by Gasteiger charge is -2.30.